The first kappa shape index (κ1) is 23.8. The highest BCUT2D eigenvalue weighted by Crippen LogP contribution is 2.26. The number of ether oxygens (including phenoxy) is 2. The number of anilines is 1. The number of halogens is 1. The topological polar surface area (TPSA) is 63.7 Å². The number of piperidine rings is 1. The Kier molecular flexibility index (Phi) is 8.10. The first-order valence-electron chi connectivity index (χ1n) is 12.0. The van der Waals surface area contributed by atoms with E-state index in [2.05, 4.69) is 15.2 Å². The van der Waals surface area contributed by atoms with Crippen molar-refractivity contribution < 1.29 is 14.3 Å². The molecule has 1 N–H and O–H groups in total. The number of aromatic nitrogens is 1. The molecule has 1 aromatic heterocycles. The van der Waals surface area contributed by atoms with Gasteiger partial charge in [0.2, 0.25) is 0 Å². The molecule has 2 fully saturated rings. The van der Waals surface area contributed by atoms with Gasteiger partial charge in [-0.3, -0.25) is 4.79 Å². The lowest BCUT2D eigenvalue weighted by atomic mass is 9.92. The van der Waals surface area contributed by atoms with Crippen LogP contribution in [0.4, 0.5) is 5.82 Å². The van der Waals surface area contributed by atoms with Gasteiger partial charge in [-0.15, -0.1) is 0 Å². The van der Waals surface area contributed by atoms with Gasteiger partial charge in [0.25, 0.3) is 5.91 Å². The third kappa shape index (κ3) is 6.39. The zero-order valence-corrected chi connectivity index (χ0v) is 20.4. The zero-order chi connectivity index (χ0) is 23.2. The molecule has 2 aromatic rings. The summed E-state index contributed by atoms with van der Waals surface area (Å²) in [6.07, 6.45) is 7.15. The van der Waals surface area contributed by atoms with Gasteiger partial charge in [0.05, 0.1) is 24.3 Å². The second-order valence-corrected chi connectivity index (χ2v) is 9.66. The molecule has 0 aliphatic carbocycles. The summed E-state index contributed by atoms with van der Waals surface area (Å²) in [5, 5.41) is 3.76. The van der Waals surface area contributed by atoms with E-state index in [9.17, 15) is 4.79 Å². The van der Waals surface area contributed by atoms with Crippen molar-refractivity contribution in [3.63, 3.8) is 0 Å². The molecular formula is C26H34ClN3O3. The minimum absolute atomic E-state index is 0.0211. The minimum Gasteiger partial charge on any atom is -0.494 e. The predicted molar refractivity (Wildman–Crippen MR) is 132 cm³/mol. The van der Waals surface area contributed by atoms with Crippen molar-refractivity contribution >= 4 is 23.3 Å². The van der Waals surface area contributed by atoms with Gasteiger partial charge >= 0.3 is 0 Å². The third-order valence-electron chi connectivity index (χ3n) is 6.67. The van der Waals surface area contributed by atoms with Crippen LogP contribution in [-0.4, -0.2) is 49.8 Å². The van der Waals surface area contributed by atoms with Crippen LogP contribution >= 0.6 is 11.6 Å². The fourth-order valence-corrected chi connectivity index (χ4v) is 4.95. The molecule has 7 heteroatoms. The molecule has 2 aliphatic rings. The Labute approximate surface area is 201 Å². The lowest BCUT2D eigenvalue weighted by Crippen LogP contribution is -2.35. The number of nitrogens with zero attached hydrogens (tertiary/aromatic N) is 2. The lowest BCUT2D eigenvalue weighted by molar-refractivity contribution is 0.0928. The molecule has 3 heterocycles. The Morgan fingerprint density at radius 2 is 1.97 bits per heavy atom. The van der Waals surface area contributed by atoms with E-state index < -0.39 is 0 Å². The molecule has 4 rings (SSSR count). The number of pyridine rings is 1. The van der Waals surface area contributed by atoms with Crippen LogP contribution in [0.1, 0.15) is 53.6 Å². The van der Waals surface area contributed by atoms with E-state index in [0.29, 0.717) is 24.8 Å². The number of carbonyl (C=O) groups excluding carboxylic acids is 1. The quantitative estimate of drug-likeness (QED) is 0.552. The number of hydrogen-bond donors (Lipinski definition) is 1. The van der Waals surface area contributed by atoms with Crippen LogP contribution in [0.25, 0.3) is 0 Å². The summed E-state index contributed by atoms with van der Waals surface area (Å²) in [4.78, 5) is 19.5. The van der Waals surface area contributed by atoms with Crippen LogP contribution in [0.3, 0.4) is 0 Å². The summed E-state index contributed by atoms with van der Waals surface area (Å²) in [6, 6.07) is 7.97. The molecule has 0 bridgehead atoms. The fourth-order valence-electron chi connectivity index (χ4n) is 4.84. The number of carbonyl (C=O) groups is 1. The van der Waals surface area contributed by atoms with Crippen LogP contribution in [0, 0.1) is 19.8 Å². The number of aryl methyl sites for hydroxylation is 2. The average molecular weight is 472 g/mol. The van der Waals surface area contributed by atoms with Crippen molar-refractivity contribution in [3.8, 4) is 5.75 Å². The van der Waals surface area contributed by atoms with Gasteiger partial charge in [-0.2, -0.15) is 0 Å². The summed E-state index contributed by atoms with van der Waals surface area (Å²) in [5.41, 5.74) is 2.64. The maximum atomic E-state index is 12.7. The van der Waals surface area contributed by atoms with Crippen molar-refractivity contribution in [2.75, 3.05) is 37.8 Å². The monoisotopic (exact) mass is 471 g/mol. The highest BCUT2D eigenvalue weighted by Gasteiger charge is 2.22. The molecule has 33 heavy (non-hydrogen) atoms. The minimum atomic E-state index is -0.0211. The Morgan fingerprint density at radius 3 is 2.61 bits per heavy atom. The van der Waals surface area contributed by atoms with Crippen LogP contribution in [0.5, 0.6) is 5.75 Å². The maximum Gasteiger partial charge on any atom is 0.252 e. The van der Waals surface area contributed by atoms with E-state index in [1.807, 2.05) is 38.1 Å². The molecular weight excluding hydrogens is 438 g/mol. The van der Waals surface area contributed by atoms with E-state index in [4.69, 9.17) is 21.1 Å². The van der Waals surface area contributed by atoms with Crippen molar-refractivity contribution in [1.29, 1.82) is 0 Å². The molecule has 178 valence electrons. The molecule has 0 saturated carbocycles. The summed E-state index contributed by atoms with van der Waals surface area (Å²) in [6.45, 7) is 8.04. The lowest BCUT2D eigenvalue weighted by Gasteiger charge is -2.32. The Morgan fingerprint density at radius 1 is 1.21 bits per heavy atom. The standard InChI is InChI=1S/C26H34ClN3O3/c1-18-14-23(15-19(2)25(18)26(31)29-22-9-13-32-17-22)33-12-3-4-20-7-10-30(11-8-20)24-6-5-21(27)16-28-24/h5-6,14-16,20,22H,3-4,7-13,17H2,1-2H3,(H,29,31)/t22-/m0/s1. The molecule has 1 amide bonds. The second kappa shape index (κ2) is 11.2. The highest BCUT2D eigenvalue weighted by atomic mass is 35.5. The van der Waals surface area contributed by atoms with Crippen molar-refractivity contribution in [2.24, 2.45) is 5.92 Å². The molecule has 6 nitrogen and oxygen atoms in total. The third-order valence-corrected chi connectivity index (χ3v) is 6.90. The van der Waals surface area contributed by atoms with Crippen LogP contribution in [0.2, 0.25) is 5.02 Å². The normalized spacial score (nSPS) is 19.0. The van der Waals surface area contributed by atoms with Crippen LogP contribution in [0.15, 0.2) is 30.5 Å². The van der Waals surface area contributed by atoms with E-state index in [1.165, 1.54) is 19.3 Å². The predicted octanol–water partition coefficient (Wildman–Crippen LogP) is 4.95. The molecule has 1 aromatic carbocycles. The maximum absolute atomic E-state index is 12.7. The zero-order valence-electron chi connectivity index (χ0n) is 19.6. The average Bonchev–Trinajstić information content (AvgIpc) is 3.30. The number of hydrogen-bond acceptors (Lipinski definition) is 5. The van der Waals surface area contributed by atoms with E-state index >= 15 is 0 Å². The number of benzene rings is 1. The second-order valence-electron chi connectivity index (χ2n) is 9.22. The van der Waals surface area contributed by atoms with Gasteiger partial charge in [-0.1, -0.05) is 11.6 Å². The van der Waals surface area contributed by atoms with Gasteiger partial charge in [-0.05, 0) is 87.3 Å². The Balaban J connectivity index is 1.20. The number of rotatable bonds is 8. The molecule has 0 unspecified atom stereocenters. The van der Waals surface area contributed by atoms with Gasteiger partial charge in [0.15, 0.2) is 0 Å². The highest BCUT2D eigenvalue weighted by molar-refractivity contribution is 6.30. The summed E-state index contributed by atoms with van der Waals surface area (Å²) in [5.74, 6) is 2.56. The van der Waals surface area contributed by atoms with Gasteiger partial charge in [0.1, 0.15) is 11.6 Å². The van der Waals surface area contributed by atoms with Crippen molar-refractivity contribution in [2.45, 2.75) is 52.0 Å². The van der Waals surface area contributed by atoms with Gasteiger partial charge < -0.3 is 19.7 Å². The molecule has 0 radical (unpaired) electrons. The van der Waals surface area contributed by atoms with Crippen LogP contribution in [-0.2, 0) is 4.74 Å². The van der Waals surface area contributed by atoms with Gasteiger partial charge in [0, 0.05) is 31.5 Å². The summed E-state index contributed by atoms with van der Waals surface area (Å²) in [7, 11) is 0. The smallest absolute Gasteiger partial charge is 0.252 e. The first-order chi connectivity index (χ1) is 16.0. The SMILES string of the molecule is Cc1cc(OCCCC2CCN(c3ccc(Cl)cn3)CC2)cc(C)c1C(=O)N[C@H]1CCOC1. The molecule has 2 saturated heterocycles. The van der Waals surface area contributed by atoms with E-state index in [1.54, 1.807) is 6.20 Å². The van der Waals surface area contributed by atoms with Gasteiger partial charge in [-0.25, -0.2) is 4.98 Å². The number of nitrogens with one attached hydrogen (secondary N) is 1. The first-order valence-corrected chi connectivity index (χ1v) is 12.4. The van der Waals surface area contributed by atoms with Crippen LogP contribution < -0.4 is 15.0 Å². The molecule has 0 spiro atoms. The molecule has 2 aliphatic heterocycles. The number of amides is 1. The summed E-state index contributed by atoms with van der Waals surface area (Å²) < 4.78 is 11.4. The van der Waals surface area contributed by atoms with E-state index in [0.717, 1.165) is 60.1 Å². The fraction of sp³-hybridized carbons (Fsp3) is 0.538. The largest absolute Gasteiger partial charge is 0.494 e. The van der Waals surface area contributed by atoms with Crippen molar-refractivity contribution in [1.82, 2.24) is 10.3 Å². The van der Waals surface area contributed by atoms with Crippen molar-refractivity contribution in [3.05, 3.63) is 52.2 Å². The summed E-state index contributed by atoms with van der Waals surface area (Å²) >= 11 is 5.94. The Bertz CT molecular complexity index is 913. The van der Waals surface area contributed by atoms with E-state index in [-0.39, 0.29) is 11.9 Å². The molecule has 1 atom stereocenters. The Hall–Kier alpha value is -2.31.